The second-order valence-corrected chi connectivity index (χ2v) is 5.79. The molecule has 2 N–H and O–H groups in total. The third-order valence-corrected chi connectivity index (χ3v) is 3.89. The van der Waals surface area contributed by atoms with Gasteiger partial charge in [-0.2, -0.15) is 0 Å². The average molecular weight is 314 g/mol. The van der Waals surface area contributed by atoms with Crippen LogP contribution >= 0.6 is 15.9 Å². The van der Waals surface area contributed by atoms with Gasteiger partial charge in [-0.15, -0.1) is 0 Å². The monoisotopic (exact) mass is 313 g/mol. The zero-order chi connectivity index (χ0) is 13.4. The molecule has 3 heteroatoms. The zero-order valence-corrected chi connectivity index (χ0v) is 13.0. The van der Waals surface area contributed by atoms with E-state index in [1.807, 2.05) is 24.3 Å². The minimum atomic E-state index is -0.0674. The summed E-state index contributed by atoms with van der Waals surface area (Å²) in [4.78, 5) is 0. The Hall–Kier alpha value is -0.540. The van der Waals surface area contributed by atoms with Gasteiger partial charge < -0.3 is 10.5 Å². The van der Waals surface area contributed by atoms with Crippen molar-refractivity contribution in [3.05, 3.63) is 28.7 Å². The lowest BCUT2D eigenvalue weighted by atomic mass is 9.88. The molecule has 0 saturated carbocycles. The molecule has 0 fully saturated rings. The second kappa shape index (κ2) is 7.80. The first-order valence-corrected chi connectivity index (χ1v) is 7.56. The Bertz CT molecular complexity index is 356. The van der Waals surface area contributed by atoms with Crippen LogP contribution in [0.4, 0.5) is 0 Å². The minimum absolute atomic E-state index is 0.0674. The maximum Gasteiger partial charge on any atom is 0.120 e. The topological polar surface area (TPSA) is 35.2 Å². The molecule has 0 saturated heterocycles. The maximum absolute atomic E-state index is 6.39. The molecule has 1 rings (SSSR count). The first kappa shape index (κ1) is 15.5. The van der Waals surface area contributed by atoms with E-state index >= 15 is 0 Å². The Morgan fingerprint density at radius 2 is 2.06 bits per heavy atom. The van der Waals surface area contributed by atoms with Gasteiger partial charge in [0.05, 0.1) is 6.61 Å². The molecule has 102 valence electrons. The van der Waals surface area contributed by atoms with Crippen molar-refractivity contribution in [3.63, 3.8) is 0 Å². The van der Waals surface area contributed by atoms with Crippen LogP contribution in [0.15, 0.2) is 28.7 Å². The van der Waals surface area contributed by atoms with Crippen molar-refractivity contribution >= 4 is 15.9 Å². The number of hydrogen-bond acceptors (Lipinski definition) is 2. The molecular weight excluding hydrogens is 290 g/mol. The largest absolute Gasteiger partial charge is 0.493 e. The van der Waals surface area contributed by atoms with Crippen molar-refractivity contribution in [3.8, 4) is 5.75 Å². The molecule has 0 spiro atoms. The minimum Gasteiger partial charge on any atom is -0.493 e. The highest BCUT2D eigenvalue weighted by Gasteiger charge is 2.21. The van der Waals surface area contributed by atoms with Crippen LogP contribution in [0.5, 0.6) is 5.75 Å². The van der Waals surface area contributed by atoms with Crippen LogP contribution in [0.1, 0.15) is 46.0 Å². The summed E-state index contributed by atoms with van der Waals surface area (Å²) in [6.45, 7) is 5.05. The molecule has 0 aromatic heterocycles. The number of benzene rings is 1. The van der Waals surface area contributed by atoms with Gasteiger partial charge in [0.25, 0.3) is 0 Å². The molecule has 0 heterocycles. The Labute approximate surface area is 119 Å². The summed E-state index contributed by atoms with van der Waals surface area (Å²) in [7, 11) is 0. The molecule has 1 atom stereocenters. The second-order valence-electron chi connectivity index (χ2n) is 4.88. The van der Waals surface area contributed by atoms with Gasteiger partial charge >= 0.3 is 0 Å². The molecule has 0 amide bonds. The van der Waals surface area contributed by atoms with Gasteiger partial charge in [0.2, 0.25) is 0 Å². The fraction of sp³-hybridized carbons (Fsp3) is 0.600. The van der Waals surface area contributed by atoms with E-state index in [1.165, 1.54) is 12.8 Å². The van der Waals surface area contributed by atoms with Gasteiger partial charge in [0.15, 0.2) is 0 Å². The third kappa shape index (κ3) is 5.40. The SMILES string of the molecule is CCCCC(N)(CC)CCOc1cccc(Br)c1. The lowest BCUT2D eigenvalue weighted by Crippen LogP contribution is -2.40. The quantitative estimate of drug-likeness (QED) is 0.766. The van der Waals surface area contributed by atoms with E-state index < -0.39 is 0 Å². The zero-order valence-electron chi connectivity index (χ0n) is 11.4. The van der Waals surface area contributed by atoms with Crippen LogP contribution in [-0.2, 0) is 0 Å². The van der Waals surface area contributed by atoms with Gasteiger partial charge in [-0.3, -0.25) is 0 Å². The van der Waals surface area contributed by atoms with Crippen molar-refractivity contribution < 1.29 is 4.74 Å². The number of ether oxygens (including phenoxy) is 1. The molecule has 18 heavy (non-hydrogen) atoms. The standard InChI is InChI=1S/C15H24BrNO/c1-3-5-9-15(17,4-2)10-11-18-14-8-6-7-13(16)12-14/h6-8,12H,3-5,9-11,17H2,1-2H3. The summed E-state index contributed by atoms with van der Waals surface area (Å²) in [6.07, 6.45) is 5.40. The van der Waals surface area contributed by atoms with Crippen molar-refractivity contribution in [2.24, 2.45) is 5.73 Å². The van der Waals surface area contributed by atoms with Gasteiger partial charge in [0, 0.05) is 10.0 Å². The lowest BCUT2D eigenvalue weighted by Gasteiger charge is -2.28. The third-order valence-electron chi connectivity index (χ3n) is 3.40. The first-order valence-electron chi connectivity index (χ1n) is 6.77. The predicted octanol–water partition coefficient (Wildman–Crippen LogP) is 4.52. The fourth-order valence-electron chi connectivity index (χ4n) is 1.94. The Morgan fingerprint density at radius 3 is 2.67 bits per heavy atom. The van der Waals surface area contributed by atoms with Crippen molar-refractivity contribution in [1.29, 1.82) is 0 Å². The average Bonchev–Trinajstić information content (AvgIpc) is 2.36. The number of hydrogen-bond donors (Lipinski definition) is 1. The van der Waals surface area contributed by atoms with Crippen molar-refractivity contribution in [2.45, 2.75) is 51.5 Å². The molecule has 1 aromatic rings. The first-order chi connectivity index (χ1) is 8.59. The van der Waals surface area contributed by atoms with Crippen LogP contribution in [0.2, 0.25) is 0 Å². The Balaban J connectivity index is 2.39. The molecule has 0 bridgehead atoms. The van der Waals surface area contributed by atoms with Crippen LogP contribution < -0.4 is 10.5 Å². The predicted molar refractivity (Wildman–Crippen MR) is 81.0 cm³/mol. The van der Waals surface area contributed by atoms with Gasteiger partial charge in [-0.05, 0) is 37.5 Å². The molecule has 0 aliphatic rings. The smallest absolute Gasteiger partial charge is 0.120 e. The Kier molecular flexibility index (Phi) is 6.72. The fourth-order valence-corrected chi connectivity index (χ4v) is 2.31. The lowest BCUT2D eigenvalue weighted by molar-refractivity contribution is 0.240. The van der Waals surface area contributed by atoms with Crippen molar-refractivity contribution in [1.82, 2.24) is 0 Å². The molecule has 0 aliphatic carbocycles. The van der Waals surface area contributed by atoms with E-state index in [-0.39, 0.29) is 5.54 Å². The van der Waals surface area contributed by atoms with Crippen LogP contribution in [-0.4, -0.2) is 12.1 Å². The normalized spacial score (nSPS) is 14.2. The summed E-state index contributed by atoms with van der Waals surface area (Å²) < 4.78 is 6.80. The summed E-state index contributed by atoms with van der Waals surface area (Å²) >= 11 is 3.44. The highest BCUT2D eigenvalue weighted by molar-refractivity contribution is 9.10. The van der Waals surface area contributed by atoms with Crippen molar-refractivity contribution in [2.75, 3.05) is 6.61 Å². The molecule has 1 aromatic carbocycles. The van der Waals surface area contributed by atoms with Crippen LogP contribution in [0, 0.1) is 0 Å². The number of unbranched alkanes of at least 4 members (excludes halogenated alkanes) is 1. The van der Waals surface area contributed by atoms with E-state index in [4.69, 9.17) is 10.5 Å². The highest BCUT2D eigenvalue weighted by Crippen LogP contribution is 2.22. The summed E-state index contributed by atoms with van der Waals surface area (Å²) in [5.41, 5.74) is 6.32. The Morgan fingerprint density at radius 1 is 1.28 bits per heavy atom. The van der Waals surface area contributed by atoms with E-state index in [9.17, 15) is 0 Å². The van der Waals surface area contributed by atoms with Gasteiger partial charge in [0.1, 0.15) is 5.75 Å². The van der Waals surface area contributed by atoms with E-state index in [0.717, 1.165) is 29.5 Å². The number of nitrogens with two attached hydrogens (primary N) is 1. The summed E-state index contributed by atoms with van der Waals surface area (Å²) in [6, 6.07) is 7.93. The molecule has 2 nitrogen and oxygen atoms in total. The molecular formula is C15H24BrNO. The maximum atomic E-state index is 6.39. The number of halogens is 1. The summed E-state index contributed by atoms with van der Waals surface area (Å²) in [5, 5.41) is 0. The van der Waals surface area contributed by atoms with E-state index in [1.54, 1.807) is 0 Å². The molecule has 0 aliphatic heterocycles. The van der Waals surface area contributed by atoms with E-state index in [0.29, 0.717) is 6.61 Å². The van der Waals surface area contributed by atoms with Crippen LogP contribution in [0.3, 0.4) is 0 Å². The van der Waals surface area contributed by atoms with E-state index in [2.05, 4.69) is 29.8 Å². The molecule has 0 radical (unpaired) electrons. The van der Waals surface area contributed by atoms with Crippen LogP contribution in [0.25, 0.3) is 0 Å². The number of rotatable bonds is 8. The summed E-state index contributed by atoms with van der Waals surface area (Å²) in [5.74, 6) is 0.901. The van der Waals surface area contributed by atoms with Gasteiger partial charge in [-0.1, -0.05) is 48.7 Å². The molecule has 1 unspecified atom stereocenters. The van der Waals surface area contributed by atoms with Gasteiger partial charge in [-0.25, -0.2) is 0 Å². The highest BCUT2D eigenvalue weighted by atomic mass is 79.9.